The average molecular weight is 226 g/mol. The van der Waals surface area contributed by atoms with E-state index < -0.39 is 0 Å². The van der Waals surface area contributed by atoms with E-state index >= 15 is 0 Å². The van der Waals surface area contributed by atoms with Crippen molar-refractivity contribution in [2.24, 2.45) is 0 Å². The molecule has 1 heterocycles. The molecule has 0 fully saturated rings. The monoisotopic (exact) mass is 226 g/mol. The number of anilines is 2. The Bertz CT molecular complexity index is 521. The highest BCUT2D eigenvalue weighted by Crippen LogP contribution is 2.25. The minimum atomic E-state index is 0.903. The fraction of sp³-hybridized carbons (Fsp3) is 0.267. The maximum absolute atomic E-state index is 4.33. The molecule has 0 aliphatic carbocycles. The first-order valence-electron chi connectivity index (χ1n) is 5.84. The SMILES string of the molecule is Cc1ccnc(Nc2c(C)cc(C)cc2C)c1. The number of hydrogen-bond donors (Lipinski definition) is 1. The Morgan fingerprint density at radius 2 is 1.53 bits per heavy atom. The lowest BCUT2D eigenvalue weighted by atomic mass is 10.1. The molecule has 0 atom stereocenters. The summed E-state index contributed by atoms with van der Waals surface area (Å²) in [5, 5.41) is 3.40. The van der Waals surface area contributed by atoms with Crippen molar-refractivity contribution in [3.63, 3.8) is 0 Å². The first-order valence-corrected chi connectivity index (χ1v) is 5.84. The van der Waals surface area contributed by atoms with Gasteiger partial charge in [-0.2, -0.15) is 0 Å². The molecule has 0 bridgehead atoms. The molecule has 88 valence electrons. The summed E-state index contributed by atoms with van der Waals surface area (Å²) >= 11 is 0. The summed E-state index contributed by atoms with van der Waals surface area (Å²) in [7, 11) is 0. The second-order valence-corrected chi connectivity index (χ2v) is 4.62. The van der Waals surface area contributed by atoms with Crippen LogP contribution in [-0.2, 0) is 0 Å². The summed E-state index contributed by atoms with van der Waals surface area (Å²) in [6.07, 6.45) is 1.83. The van der Waals surface area contributed by atoms with Crippen LogP contribution in [-0.4, -0.2) is 4.98 Å². The lowest BCUT2D eigenvalue weighted by Crippen LogP contribution is -1.99. The fourth-order valence-electron chi connectivity index (χ4n) is 2.11. The van der Waals surface area contributed by atoms with Crippen LogP contribution in [0.25, 0.3) is 0 Å². The van der Waals surface area contributed by atoms with Crippen molar-refractivity contribution in [3.05, 3.63) is 52.7 Å². The Labute approximate surface area is 103 Å². The quantitative estimate of drug-likeness (QED) is 0.835. The minimum Gasteiger partial charge on any atom is -0.340 e. The van der Waals surface area contributed by atoms with Gasteiger partial charge in [-0.15, -0.1) is 0 Å². The molecule has 0 aliphatic rings. The third-order valence-electron chi connectivity index (χ3n) is 2.85. The third kappa shape index (κ3) is 2.64. The molecule has 0 saturated carbocycles. The molecular formula is C15H18N2. The van der Waals surface area contributed by atoms with Gasteiger partial charge in [0.15, 0.2) is 0 Å². The molecule has 2 nitrogen and oxygen atoms in total. The summed E-state index contributed by atoms with van der Waals surface area (Å²) in [4.78, 5) is 4.33. The van der Waals surface area contributed by atoms with Crippen molar-refractivity contribution >= 4 is 11.5 Å². The minimum absolute atomic E-state index is 0.903. The van der Waals surface area contributed by atoms with Crippen molar-refractivity contribution in [1.82, 2.24) is 4.98 Å². The van der Waals surface area contributed by atoms with Crippen LogP contribution in [0.1, 0.15) is 22.3 Å². The van der Waals surface area contributed by atoms with E-state index in [0.717, 1.165) is 11.5 Å². The van der Waals surface area contributed by atoms with Gasteiger partial charge in [0.05, 0.1) is 0 Å². The Hall–Kier alpha value is -1.83. The van der Waals surface area contributed by atoms with E-state index in [4.69, 9.17) is 0 Å². The van der Waals surface area contributed by atoms with Crippen molar-refractivity contribution in [2.45, 2.75) is 27.7 Å². The van der Waals surface area contributed by atoms with Crippen LogP contribution in [0.5, 0.6) is 0 Å². The zero-order valence-electron chi connectivity index (χ0n) is 10.8. The molecule has 1 aromatic heterocycles. The number of pyridine rings is 1. The van der Waals surface area contributed by atoms with Gasteiger partial charge in [-0.3, -0.25) is 0 Å². The molecule has 2 rings (SSSR count). The van der Waals surface area contributed by atoms with Crippen molar-refractivity contribution < 1.29 is 0 Å². The predicted molar refractivity (Wildman–Crippen MR) is 72.9 cm³/mol. The molecule has 0 radical (unpaired) electrons. The van der Waals surface area contributed by atoms with Gasteiger partial charge in [0, 0.05) is 11.9 Å². The van der Waals surface area contributed by atoms with Crippen LogP contribution in [0.3, 0.4) is 0 Å². The highest BCUT2D eigenvalue weighted by molar-refractivity contribution is 5.65. The molecule has 0 unspecified atom stereocenters. The van der Waals surface area contributed by atoms with Gasteiger partial charge < -0.3 is 5.32 Å². The van der Waals surface area contributed by atoms with E-state index in [1.54, 1.807) is 0 Å². The van der Waals surface area contributed by atoms with Crippen LogP contribution < -0.4 is 5.32 Å². The maximum Gasteiger partial charge on any atom is 0.130 e. The zero-order chi connectivity index (χ0) is 12.4. The normalized spacial score (nSPS) is 10.4. The Balaban J connectivity index is 2.36. The molecule has 0 spiro atoms. The first kappa shape index (κ1) is 11.6. The van der Waals surface area contributed by atoms with Crippen molar-refractivity contribution in [1.29, 1.82) is 0 Å². The molecule has 0 saturated heterocycles. The third-order valence-corrected chi connectivity index (χ3v) is 2.85. The number of nitrogens with one attached hydrogen (secondary N) is 1. The molecule has 0 aliphatic heterocycles. The summed E-state index contributed by atoms with van der Waals surface area (Å²) < 4.78 is 0. The van der Waals surface area contributed by atoms with E-state index in [2.05, 4.69) is 56.2 Å². The maximum atomic E-state index is 4.33. The van der Waals surface area contributed by atoms with Crippen LogP contribution >= 0.6 is 0 Å². The van der Waals surface area contributed by atoms with Crippen molar-refractivity contribution in [2.75, 3.05) is 5.32 Å². The first-order chi connectivity index (χ1) is 8.06. The number of aromatic nitrogens is 1. The van der Waals surface area contributed by atoms with Crippen molar-refractivity contribution in [3.8, 4) is 0 Å². The molecular weight excluding hydrogens is 208 g/mol. The molecule has 0 amide bonds. The zero-order valence-corrected chi connectivity index (χ0v) is 10.8. The molecule has 1 N–H and O–H groups in total. The molecule has 2 aromatic rings. The Morgan fingerprint density at radius 3 is 2.12 bits per heavy atom. The number of nitrogens with zero attached hydrogens (tertiary/aromatic N) is 1. The summed E-state index contributed by atoms with van der Waals surface area (Å²) in [5.74, 6) is 0.903. The van der Waals surface area contributed by atoms with Crippen LogP contribution in [0.4, 0.5) is 11.5 Å². The lowest BCUT2D eigenvalue weighted by molar-refractivity contribution is 1.24. The van der Waals surface area contributed by atoms with Gasteiger partial charge in [0.25, 0.3) is 0 Å². The van der Waals surface area contributed by atoms with E-state index in [0.29, 0.717) is 0 Å². The van der Waals surface area contributed by atoms with Gasteiger partial charge in [-0.05, 0) is 56.5 Å². The number of rotatable bonds is 2. The van der Waals surface area contributed by atoms with E-state index in [1.807, 2.05) is 12.3 Å². The Kier molecular flexibility index (Phi) is 3.14. The summed E-state index contributed by atoms with van der Waals surface area (Å²) in [6, 6.07) is 8.43. The van der Waals surface area contributed by atoms with E-state index in [-0.39, 0.29) is 0 Å². The molecule has 2 heteroatoms. The van der Waals surface area contributed by atoms with Gasteiger partial charge in [0.1, 0.15) is 5.82 Å². The standard InChI is InChI=1S/C15H18N2/c1-10-5-6-16-14(9-10)17-15-12(3)7-11(2)8-13(15)4/h5-9H,1-4H3,(H,16,17). The van der Waals surface area contributed by atoms with Gasteiger partial charge in [0.2, 0.25) is 0 Å². The lowest BCUT2D eigenvalue weighted by Gasteiger charge is -2.13. The second-order valence-electron chi connectivity index (χ2n) is 4.62. The number of aryl methyl sites for hydroxylation is 4. The highest BCUT2D eigenvalue weighted by Gasteiger charge is 2.04. The summed E-state index contributed by atoms with van der Waals surface area (Å²) in [6.45, 7) is 8.44. The topological polar surface area (TPSA) is 24.9 Å². The van der Waals surface area contributed by atoms with E-state index in [1.165, 1.54) is 22.3 Å². The molecule has 1 aromatic carbocycles. The fourth-order valence-corrected chi connectivity index (χ4v) is 2.11. The molecule has 17 heavy (non-hydrogen) atoms. The van der Waals surface area contributed by atoms with Gasteiger partial charge in [-0.1, -0.05) is 17.7 Å². The Morgan fingerprint density at radius 1 is 0.882 bits per heavy atom. The highest BCUT2D eigenvalue weighted by atomic mass is 15.0. The van der Waals surface area contributed by atoms with Gasteiger partial charge >= 0.3 is 0 Å². The summed E-state index contributed by atoms with van der Waals surface area (Å²) in [5.41, 5.74) is 6.18. The predicted octanol–water partition coefficient (Wildman–Crippen LogP) is 4.06. The largest absolute Gasteiger partial charge is 0.340 e. The average Bonchev–Trinajstić information content (AvgIpc) is 2.23. The van der Waals surface area contributed by atoms with E-state index in [9.17, 15) is 0 Å². The number of hydrogen-bond acceptors (Lipinski definition) is 2. The smallest absolute Gasteiger partial charge is 0.130 e. The van der Waals surface area contributed by atoms with Crippen LogP contribution in [0.2, 0.25) is 0 Å². The van der Waals surface area contributed by atoms with Crippen LogP contribution in [0.15, 0.2) is 30.5 Å². The second kappa shape index (κ2) is 4.58. The van der Waals surface area contributed by atoms with Crippen LogP contribution in [0, 0.1) is 27.7 Å². The number of benzene rings is 1. The van der Waals surface area contributed by atoms with Gasteiger partial charge in [-0.25, -0.2) is 4.98 Å².